The zero-order valence-corrected chi connectivity index (χ0v) is 14.9. The maximum Gasteiger partial charge on any atom is 0.218 e. The Bertz CT molecular complexity index is 987. The molecule has 4 rings (SSSR count). The first-order chi connectivity index (χ1) is 12.6. The van der Waals surface area contributed by atoms with E-state index in [1.54, 1.807) is 24.4 Å². The maximum atomic E-state index is 13.3. The number of hydrogen-bond donors (Lipinski definition) is 1. The molecule has 1 aliphatic rings. The Morgan fingerprint density at radius 1 is 1.27 bits per heavy atom. The van der Waals surface area contributed by atoms with Crippen LogP contribution < -0.4 is 0 Å². The van der Waals surface area contributed by atoms with E-state index in [9.17, 15) is 13.7 Å². The Kier molecular flexibility index (Phi) is 4.37. The first-order valence-corrected chi connectivity index (χ1v) is 9.79. The second kappa shape index (κ2) is 6.69. The van der Waals surface area contributed by atoms with E-state index >= 15 is 0 Å². The summed E-state index contributed by atoms with van der Waals surface area (Å²) >= 11 is 0. The molecular weight excluding hydrogens is 355 g/mol. The average molecular weight is 372 g/mol. The average Bonchev–Trinajstić information content (AvgIpc) is 3.21. The van der Waals surface area contributed by atoms with Gasteiger partial charge < -0.3 is 9.67 Å². The van der Waals surface area contributed by atoms with E-state index in [1.165, 1.54) is 18.4 Å². The van der Waals surface area contributed by atoms with Gasteiger partial charge in [0.1, 0.15) is 11.6 Å². The highest BCUT2D eigenvalue weighted by molar-refractivity contribution is 7.84. The number of rotatable bonds is 4. The molecule has 1 aliphatic heterocycles. The van der Waals surface area contributed by atoms with Crippen molar-refractivity contribution in [3.05, 3.63) is 48.2 Å². The third-order valence-corrected chi connectivity index (χ3v) is 5.22. The van der Waals surface area contributed by atoms with Crippen LogP contribution >= 0.6 is 0 Å². The van der Waals surface area contributed by atoms with E-state index in [2.05, 4.69) is 9.97 Å². The molecule has 2 atom stereocenters. The van der Waals surface area contributed by atoms with Gasteiger partial charge in [-0.05, 0) is 36.8 Å². The van der Waals surface area contributed by atoms with Gasteiger partial charge in [-0.1, -0.05) is 0 Å². The Balaban J connectivity index is 1.95. The Labute approximate surface area is 152 Å². The summed E-state index contributed by atoms with van der Waals surface area (Å²) in [5.74, 6) is 0.539. The molecule has 0 amide bonds. The molecule has 0 bridgehead atoms. The van der Waals surface area contributed by atoms with Crippen molar-refractivity contribution in [1.82, 2.24) is 19.5 Å². The number of nitrogens with zero attached hydrogens (tertiary/aromatic N) is 4. The minimum absolute atomic E-state index is 0.00311. The van der Waals surface area contributed by atoms with Crippen LogP contribution in [0.4, 0.5) is 4.39 Å². The molecule has 0 saturated carbocycles. The van der Waals surface area contributed by atoms with Crippen LogP contribution in [-0.2, 0) is 17.2 Å². The third kappa shape index (κ3) is 2.85. The lowest BCUT2D eigenvalue weighted by Crippen LogP contribution is -2.11. The van der Waals surface area contributed by atoms with Gasteiger partial charge in [-0.2, -0.15) is 0 Å². The van der Waals surface area contributed by atoms with Crippen molar-refractivity contribution >= 4 is 10.8 Å². The van der Waals surface area contributed by atoms with Crippen molar-refractivity contribution in [3.8, 4) is 22.6 Å². The van der Waals surface area contributed by atoms with Gasteiger partial charge in [0, 0.05) is 24.4 Å². The molecule has 0 spiro atoms. The summed E-state index contributed by atoms with van der Waals surface area (Å²) in [5.41, 5.74) is 2.75. The van der Waals surface area contributed by atoms with Gasteiger partial charge in [0.05, 0.1) is 40.5 Å². The summed E-state index contributed by atoms with van der Waals surface area (Å²) in [6.45, 7) is -0.00311. The summed E-state index contributed by atoms with van der Waals surface area (Å²) in [6.07, 6.45) is 4.64. The second-order valence-corrected chi connectivity index (χ2v) is 7.43. The normalized spacial score (nSPS) is 17.3. The molecule has 3 aromatic rings. The lowest BCUT2D eigenvalue weighted by atomic mass is 10.1. The summed E-state index contributed by atoms with van der Waals surface area (Å²) in [7, 11) is -1.31. The topological polar surface area (TPSA) is 80.9 Å². The standard InChI is InChI=1S/C18H17FN4O2S/c1-26(25)18-20-9-8-14(21-18)17-16(11-2-4-12(19)5-3-11)22-15-7-6-13(10-24)23(15)17/h2-5,8-9,13,24H,6-7,10H2,1H3. The number of benzene rings is 1. The van der Waals surface area contributed by atoms with Gasteiger partial charge in [-0.15, -0.1) is 0 Å². The van der Waals surface area contributed by atoms with Gasteiger partial charge in [-0.25, -0.2) is 19.3 Å². The fraction of sp³-hybridized carbons (Fsp3) is 0.278. The summed E-state index contributed by atoms with van der Waals surface area (Å²) in [4.78, 5) is 13.2. The van der Waals surface area contributed by atoms with E-state index in [-0.39, 0.29) is 23.6 Å². The Morgan fingerprint density at radius 3 is 2.73 bits per heavy atom. The fourth-order valence-corrected chi connectivity index (χ4v) is 3.75. The van der Waals surface area contributed by atoms with E-state index in [4.69, 9.17) is 4.98 Å². The zero-order chi connectivity index (χ0) is 18.3. The van der Waals surface area contributed by atoms with E-state index < -0.39 is 10.8 Å². The van der Waals surface area contributed by atoms with Crippen LogP contribution in [0.2, 0.25) is 0 Å². The second-order valence-electron chi connectivity index (χ2n) is 6.16. The fourth-order valence-electron chi connectivity index (χ4n) is 3.31. The smallest absolute Gasteiger partial charge is 0.218 e. The number of aromatic nitrogens is 4. The van der Waals surface area contributed by atoms with E-state index in [0.717, 1.165) is 29.9 Å². The molecule has 0 fully saturated rings. The molecular formula is C18H17FN4O2S. The monoisotopic (exact) mass is 372 g/mol. The van der Waals surface area contributed by atoms with Crippen molar-refractivity contribution < 1.29 is 13.7 Å². The molecule has 1 N–H and O–H groups in total. The number of aryl methyl sites for hydroxylation is 1. The van der Waals surface area contributed by atoms with Gasteiger partial charge in [-0.3, -0.25) is 4.21 Å². The van der Waals surface area contributed by atoms with Crippen LogP contribution in [0.5, 0.6) is 0 Å². The minimum Gasteiger partial charge on any atom is -0.394 e. The summed E-state index contributed by atoms with van der Waals surface area (Å²) in [5, 5.41) is 10.0. The first kappa shape index (κ1) is 17.0. The van der Waals surface area contributed by atoms with Crippen molar-refractivity contribution in [3.63, 3.8) is 0 Å². The highest BCUT2D eigenvalue weighted by Crippen LogP contribution is 2.38. The highest BCUT2D eigenvalue weighted by atomic mass is 32.2. The van der Waals surface area contributed by atoms with Crippen molar-refractivity contribution in [2.45, 2.75) is 24.0 Å². The zero-order valence-electron chi connectivity index (χ0n) is 14.1. The molecule has 2 aromatic heterocycles. The largest absolute Gasteiger partial charge is 0.394 e. The molecule has 1 aromatic carbocycles. The van der Waals surface area contributed by atoms with E-state index in [0.29, 0.717) is 11.4 Å². The van der Waals surface area contributed by atoms with Crippen LogP contribution in [0.3, 0.4) is 0 Å². The lowest BCUT2D eigenvalue weighted by Gasteiger charge is -2.15. The predicted octanol–water partition coefficient (Wildman–Crippen LogP) is 2.36. The molecule has 0 aliphatic carbocycles. The maximum absolute atomic E-state index is 13.3. The predicted molar refractivity (Wildman–Crippen MR) is 95.4 cm³/mol. The van der Waals surface area contributed by atoms with Crippen LogP contribution in [0, 0.1) is 5.82 Å². The molecule has 0 saturated heterocycles. The molecule has 2 unspecified atom stereocenters. The van der Waals surface area contributed by atoms with Gasteiger partial charge in [0.15, 0.2) is 0 Å². The van der Waals surface area contributed by atoms with Crippen molar-refractivity contribution in [2.24, 2.45) is 0 Å². The van der Waals surface area contributed by atoms with E-state index in [1.807, 2.05) is 4.57 Å². The number of hydrogen-bond acceptors (Lipinski definition) is 5. The SMILES string of the molecule is CS(=O)c1nccc(-c2c(-c3ccc(F)cc3)nc3n2C(CO)CC3)n1. The van der Waals surface area contributed by atoms with Crippen LogP contribution in [0.15, 0.2) is 41.7 Å². The van der Waals surface area contributed by atoms with Gasteiger partial charge >= 0.3 is 0 Å². The molecule has 8 heteroatoms. The number of imidazole rings is 1. The van der Waals surface area contributed by atoms with Crippen molar-refractivity contribution in [2.75, 3.05) is 12.9 Å². The summed E-state index contributed by atoms with van der Waals surface area (Å²) in [6, 6.07) is 7.77. The Hall–Kier alpha value is -2.45. The number of fused-ring (bicyclic) bond motifs is 1. The first-order valence-electron chi connectivity index (χ1n) is 8.23. The van der Waals surface area contributed by atoms with Crippen LogP contribution in [0.1, 0.15) is 18.3 Å². The molecule has 0 radical (unpaired) electrons. The molecule has 134 valence electrons. The van der Waals surface area contributed by atoms with Crippen molar-refractivity contribution in [1.29, 1.82) is 0 Å². The third-order valence-electron chi connectivity index (χ3n) is 4.51. The highest BCUT2D eigenvalue weighted by Gasteiger charge is 2.30. The quantitative estimate of drug-likeness (QED) is 0.711. The van der Waals surface area contributed by atoms with Gasteiger partial charge in [0.2, 0.25) is 5.16 Å². The van der Waals surface area contributed by atoms with Gasteiger partial charge in [0.25, 0.3) is 0 Å². The van der Waals surface area contributed by atoms with Crippen LogP contribution in [-0.4, -0.2) is 41.7 Å². The number of aliphatic hydroxyl groups excluding tert-OH is 1. The minimum atomic E-state index is -1.31. The number of aliphatic hydroxyl groups is 1. The Morgan fingerprint density at radius 2 is 2.04 bits per heavy atom. The molecule has 3 heterocycles. The molecule has 6 nitrogen and oxygen atoms in total. The summed E-state index contributed by atoms with van der Waals surface area (Å²) < 4.78 is 27.1. The lowest BCUT2D eigenvalue weighted by molar-refractivity contribution is 0.234. The number of halogens is 1. The molecule has 26 heavy (non-hydrogen) atoms. The van der Waals surface area contributed by atoms with Crippen LogP contribution in [0.25, 0.3) is 22.6 Å².